The van der Waals surface area contributed by atoms with E-state index in [4.69, 9.17) is 9.15 Å². The fourth-order valence-electron chi connectivity index (χ4n) is 5.04. The average Bonchev–Trinajstić information content (AvgIpc) is 3.27. The topological polar surface area (TPSA) is 83.1 Å². The summed E-state index contributed by atoms with van der Waals surface area (Å²) in [5.41, 5.74) is 4.30. The van der Waals surface area contributed by atoms with Crippen LogP contribution >= 0.6 is 0 Å². The van der Waals surface area contributed by atoms with Crippen LogP contribution in [0.2, 0.25) is 0 Å². The number of hydrogen-bond acceptors (Lipinski definition) is 5. The van der Waals surface area contributed by atoms with Gasteiger partial charge < -0.3 is 24.3 Å². The van der Waals surface area contributed by atoms with Crippen LogP contribution in [0.5, 0.6) is 5.75 Å². The molecule has 1 amide bonds. The molecular formula is C29H31NO5. The van der Waals surface area contributed by atoms with Crippen molar-refractivity contribution in [3.05, 3.63) is 77.4 Å². The van der Waals surface area contributed by atoms with Crippen molar-refractivity contribution >= 4 is 27.8 Å². The average molecular weight is 474 g/mol. The largest absolute Gasteiger partial charge is 0.508 e. The molecule has 1 aromatic heterocycles. The van der Waals surface area contributed by atoms with Crippen LogP contribution in [0.1, 0.15) is 42.1 Å². The Morgan fingerprint density at radius 3 is 2.49 bits per heavy atom. The molecule has 3 aromatic carbocycles. The second-order valence-corrected chi connectivity index (χ2v) is 9.14. The molecule has 35 heavy (non-hydrogen) atoms. The van der Waals surface area contributed by atoms with E-state index in [1.54, 1.807) is 6.07 Å². The fourth-order valence-corrected chi connectivity index (χ4v) is 5.04. The number of furan rings is 1. The lowest BCUT2D eigenvalue weighted by Gasteiger charge is -2.27. The van der Waals surface area contributed by atoms with E-state index in [2.05, 4.69) is 0 Å². The maximum absolute atomic E-state index is 12.6. The quantitative estimate of drug-likeness (QED) is 0.370. The van der Waals surface area contributed by atoms with Crippen molar-refractivity contribution in [3.63, 3.8) is 0 Å². The van der Waals surface area contributed by atoms with Crippen LogP contribution in [0.15, 0.2) is 65.1 Å². The highest BCUT2D eigenvalue weighted by molar-refractivity contribution is 6.07. The van der Waals surface area contributed by atoms with E-state index in [9.17, 15) is 15.0 Å². The molecule has 1 fully saturated rings. The highest BCUT2D eigenvalue weighted by Crippen LogP contribution is 2.38. The van der Waals surface area contributed by atoms with Crippen molar-refractivity contribution in [2.75, 3.05) is 26.3 Å². The Balaban J connectivity index is 1.41. The third-order valence-electron chi connectivity index (χ3n) is 6.89. The molecule has 5 rings (SSSR count). The first-order chi connectivity index (χ1) is 17.1. The van der Waals surface area contributed by atoms with Gasteiger partial charge in [0, 0.05) is 30.3 Å². The Hall–Kier alpha value is -3.35. The van der Waals surface area contributed by atoms with Gasteiger partial charge in [-0.3, -0.25) is 4.79 Å². The number of nitrogens with zero attached hydrogens (tertiary/aromatic N) is 1. The second kappa shape index (κ2) is 10.5. The third kappa shape index (κ3) is 5.04. The highest BCUT2D eigenvalue weighted by atomic mass is 16.5. The van der Waals surface area contributed by atoms with Crippen LogP contribution in [-0.4, -0.2) is 47.3 Å². The number of carbonyl (C=O) groups excluding carboxylic acids is 1. The summed E-state index contributed by atoms with van der Waals surface area (Å²) in [6, 6.07) is 19.2. The summed E-state index contributed by atoms with van der Waals surface area (Å²) in [7, 11) is 0. The Labute approximate surface area is 204 Å². The smallest absolute Gasteiger partial charge is 0.222 e. The molecule has 1 atom stereocenters. The van der Waals surface area contributed by atoms with Crippen molar-refractivity contribution in [1.82, 2.24) is 4.90 Å². The number of morpholine rings is 1. The molecule has 6 nitrogen and oxygen atoms in total. The summed E-state index contributed by atoms with van der Waals surface area (Å²) in [4.78, 5) is 14.4. The number of benzene rings is 3. The molecule has 0 aliphatic carbocycles. The molecule has 1 saturated heterocycles. The van der Waals surface area contributed by atoms with E-state index in [0.29, 0.717) is 58.4 Å². The van der Waals surface area contributed by atoms with E-state index >= 15 is 0 Å². The van der Waals surface area contributed by atoms with E-state index in [0.717, 1.165) is 38.6 Å². The second-order valence-electron chi connectivity index (χ2n) is 9.14. The van der Waals surface area contributed by atoms with Crippen molar-refractivity contribution < 1.29 is 24.2 Å². The lowest BCUT2D eigenvalue weighted by Crippen LogP contribution is -2.40. The minimum absolute atomic E-state index is 0.118. The Kier molecular flexibility index (Phi) is 7.02. The maximum atomic E-state index is 12.6. The summed E-state index contributed by atoms with van der Waals surface area (Å²) in [5.74, 6) is 0.401. The van der Waals surface area contributed by atoms with Crippen LogP contribution in [-0.2, 0) is 22.4 Å². The molecule has 4 aromatic rings. The molecule has 1 unspecified atom stereocenters. The van der Waals surface area contributed by atoms with Gasteiger partial charge in [0.1, 0.15) is 16.9 Å². The summed E-state index contributed by atoms with van der Waals surface area (Å²) < 4.78 is 11.4. The predicted molar refractivity (Wildman–Crippen MR) is 135 cm³/mol. The van der Waals surface area contributed by atoms with Crippen LogP contribution in [0.4, 0.5) is 0 Å². The number of ether oxygens (including phenoxy) is 1. The van der Waals surface area contributed by atoms with E-state index in [1.807, 2.05) is 59.5 Å². The van der Waals surface area contributed by atoms with Gasteiger partial charge in [-0.05, 0) is 60.6 Å². The number of aryl methyl sites for hydroxylation is 2. The van der Waals surface area contributed by atoms with Gasteiger partial charge in [0.05, 0.1) is 19.3 Å². The van der Waals surface area contributed by atoms with Crippen LogP contribution < -0.4 is 0 Å². The molecule has 6 heteroatoms. The number of rotatable bonds is 8. The Bertz CT molecular complexity index is 1320. The molecule has 2 N–H and O–H groups in total. The first-order valence-corrected chi connectivity index (χ1v) is 12.4. The zero-order chi connectivity index (χ0) is 24.2. The molecule has 182 valence electrons. The summed E-state index contributed by atoms with van der Waals surface area (Å²) in [5, 5.41) is 23.5. The van der Waals surface area contributed by atoms with Crippen molar-refractivity contribution in [2.24, 2.45) is 0 Å². The van der Waals surface area contributed by atoms with E-state index < -0.39 is 6.10 Å². The standard InChI is InChI=1S/C29H31NO5/c31-23-8-3-1-6-20(23)12-13-21-14-15-26-29(22-7-2-4-10-25(22)35-26)28(21)24(32)9-5-11-27(33)30-16-18-34-19-17-30/h1-4,6-8,10,14-15,24,31-32H,5,9,11-13,16-19H2. The fraction of sp³-hybridized carbons (Fsp3) is 0.345. The maximum Gasteiger partial charge on any atom is 0.222 e. The SMILES string of the molecule is O=C(CCCC(O)c1c(CCc2ccccc2O)ccc2oc3ccccc3c12)N1CCOCC1. The number of phenols is 1. The van der Waals surface area contributed by atoms with Gasteiger partial charge >= 0.3 is 0 Å². The molecule has 0 saturated carbocycles. The number of fused-ring (bicyclic) bond motifs is 3. The molecule has 0 radical (unpaired) electrons. The van der Waals surface area contributed by atoms with Crippen molar-refractivity contribution in [1.29, 1.82) is 0 Å². The number of aliphatic hydroxyl groups excluding tert-OH is 1. The molecule has 0 bridgehead atoms. The lowest BCUT2D eigenvalue weighted by atomic mass is 9.90. The third-order valence-corrected chi connectivity index (χ3v) is 6.89. The van der Waals surface area contributed by atoms with Gasteiger partial charge in [-0.15, -0.1) is 0 Å². The van der Waals surface area contributed by atoms with E-state index in [1.165, 1.54) is 0 Å². The molecule has 1 aliphatic heterocycles. The Morgan fingerprint density at radius 1 is 0.914 bits per heavy atom. The Morgan fingerprint density at radius 2 is 1.66 bits per heavy atom. The number of hydrogen-bond donors (Lipinski definition) is 2. The van der Waals surface area contributed by atoms with Crippen LogP contribution in [0.3, 0.4) is 0 Å². The van der Waals surface area contributed by atoms with Gasteiger partial charge in [-0.2, -0.15) is 0 Å². The monoisotopic (exact) mass is 473 g/mol. The zero-order valence-electron chi connectivity index (χ0n) is 19.8. The zero-order valence-corrected chi connectivity index (χ0v) is 19.8. The van der Waals surface area contributed by atoms with Gasteiger partial charge in [0.25, 0.3) is 0 Å². The molecule has 1 aliphatic rings. The first kappa shape index (κ1) is 23.4. The van der Waals surface area contributed by atoms with Crippen LogP contribution in [0.25, 0.3) is 21.9 Å². The number of amides is 1. The number of aliphatic hydroxyl groups is 1. The van der Waals surface area contributed by atoms with Crippen molar-refractivity contribution in [3.8, 4) is 5.75 Å². The molecule has 0 spiro atoms. The minimum Gasteiger partial charge on any atom is -0.508 e. The van der Waals surface area contributed by atoms with Gasteiger partial charge in [0.2, 0.25) is 5.91 Å². The summed E-state index contributed by atoms with van der Waals surface area (Å²) >= 11 is 0. The molecular weight excluding hydrogens is 442 g/mol. The van der Waals surface area contributed by atoms with Crippen LogP contribution in [0, 0.1) is 0 Å². The number of phenolic OH excluding ortho intramolecular Hbond substituents is 1. The first-order valence-electron chi connectivity index (χ1n) is 12.4. The minimum atomic E-state index is -0.725. The van der Waals surface area contributed by atoms with Gasteiger partial charge in [0.15, 0.2) is 0 Å². The number of carbonyl (C=O) groups is 1. The highest BCUT2D eigenvalue weighted by Gasteiger charge is 2.22. The number of aromatic hydroxyl groups is 1. The van der Waals surface area contributed by atoms with Gasteiger partial charge in [-0.1, -0.05) is 42.5 Å². The molecule has 2 heterocycles. The van der Waals surface area contributed by atoms with Gasteiger partial charge in [-0.25, -0.2) is 0 Å². The summed E-state index contributed by atoms with van der Waals surface area (Å²) in [6.45, 7) is 2.45. The summed E-state index contributed by atoms with van der Waals surface area (Å²) in [6.07, 6.45) is 2.10. The van der Waals surface area contributed by atoms with Crippen molar-refractivity contribution in [2.45, 2.75) is 38.2 Å². The normalized spacial score (nSPS) is 15.1. The number of para-hydroxylation sites is 2. The predicted octanol–water partition coefficient (Wildman–Crippen LogP) is 5.14. The lowest BCUT2D eigenvalue weighted by molar-refractivity contribution is -0.135. The van der Waals surface area contributed by atoms with E-state index in [-0.39, 0.29) is 11.7 Å².